The average Bonchev–Trinajstić information content (AvgIpc) is 3.21. The van der Waals surface area contributed by atoms with Gasteiger partial charge in [0.05, 0.1) is 0 Å². The van der Waals surface area contributed by atoms with E-state index in [2.05, 4.69) is 106 Å². The molecule has 0 bridgehead atoms. The Balaban J connectivity index is 1.33. The van der Waals surface area contributed by atoms with Gasteiger partial charge in [-0.2, -0.15) is 0 Å². The van der Waals surface area contributed by atoms with E-state index in [1.165, 1.54) is 20.8 Å². The standard InChI is InChI=1S/C32H31BrNO2P/c33-37(26-16-6-3-7-17-26,27-18-8-4-9-19-27,28-20-10-5-11-21-28)25-15-2-1-14-24-34-31(35)29-22-12-13-23-30(29)32(34)36/h3-13,16-23H,1-2,14-15,24-25H2. The summed E-state index contributed by atoms with van der Waals surface area (Å²) in [6, 6.07) is 39.7. The van der Waals surface area contributed by atoms with Crippen molar-refractivity contribution in [2.24, 2.45) is 0 Å². The molecule has 188 valence electrons. The monoisotopic (exact) mass is 571 g/mol. The van der Waals surface area contributed by atoms with Crippen molar-refractivity contribution < 1.29 is 9.59 Å². The van der Waals surface area contributed by atoms with Gasteiger partial charge in [-0.3, -0.25) is 0 Å². The Labute approximate surface area is 227 Å². The fourth-order valence-electron chi connectivity index (χ4n) is 5.53. The quantitative estimate of drug-likeness (QED) is 0.121. The zero-order chi connectivity index (χ0) is 25.7. The summed E-state index contributed by atoms with van der Waals surface area (Å²) in [6.45, 7) is 0.473. The first-order chi connectivity index (χ1) is 18.0. The van der Waals surface area contributed by atoms with Gasteiger partial charge in [-0.05, 0) is 0 Å². The third-order valence-corrected chi connectivity index (χ3v) is 17.5. The number of amides is 2. The molecule has 0 unspecified atom stereocenters. The number of rotatable bonds is 10. The third kappa shape index (κ3) is 4.58. The minimum absolute atomic E-state index is 0.164. The number of unbranched alkanes of at least 4 members (excludes halogenated alkanes) is 3. The predicted octanol–water partition coefficient (Wildman–Crippen LogP) is 6.68. The summed E-state index contributed by atoms with van der Waals surface area (Å²) < 4.78 is 0. The number of nitrogens with zero attached hydrogens (tertiary/aromatic N) is 1. The van der Waals surface area contributed by atoms with Gasteiger partial charge in [-0.15, -0.1) is 0 Å². The van der Waals surface area contributed by atoms with Crippen molar-refractivity contribution in [2.75, 3.05) is 12.7 Å². The van der Waals surface area contributed by atoms with Gasteiger partial charge in [0.15, 0.2) is 0 Å². The number of carbonyl (C=O) groups is 2. The van der Waals surface area contributed by atoms with Crippen molar-refractivity contribution >= 4 is 48.5 Å². The number of imide groups is 1. The van der Waals surface area contributed by atoms with Gasteiger partial charge >= 0.3 is 228 Å². The molecule has 0 spiro atoms. The Morgan fingerprint density at radius 1 is 0.514 bits per heavy atom. The summed E-state index contributed by atoms with van der Waals surface area (Å²) in [5, 5.41) is 1.10. The summed E-state index contributed by atoms with van der Waals surface area (Å²) in [5.41, 5.74) is 1.05. The number of fused-ring (bicyclic) bond motifs is 1. The van der Waals surface area contributed by atoms with Crippen LogP contribution in [0.1, 0.15) is 46.4 Å². The normalized spacial score (nSPS) is 14.3. The van der Waals surface area contributed by atoms with E-state index in [4.69, 9.17) is 0 Å². The maximum absolute atomic E-state index is 12.7. The summed E-state index contributed by atoms with van der Waals surface area (Å²) >= 11 is 4.51. The van der Waals surface area contributed by atoms with Crippen LogP contribution in [0, 0.1) is 0 Å². The molecule has 0 fully saturated rings. The Kier molecular flexibility index (Phi) is 7.42. The van der Waals surface area contributed by atoms with Crippen molar-refractivity contribution in [1.29, 1.82) is 0 Å². The minimum atomic E-state index is -2.90. The van der Waals surface area contributed by atoms with Gasteiger partial charge in [0, 0.05) is 0 Å². The van der Waals surface area contributed by atoms with Crippen molar-refractivity contribution in [2.45, 2.75) is 25.7 Å². The SMILES string of the molecule is O=C1c2ccccc2C(=O)N1CCCCCCP(Br)(c1ccccc1)(c1ccccc1)c1ccccc1. The second kappa shape index (κ2) is 10.7. The summed E-state index contributed by atoms with van der Waals surface area (Å²) in [4.78, 5) is 26.8. The first-order valence-electron chi connectivity index (χ1n) is 12.9. The molecule has 0 saturated carbocycles. The molecule has 0 atom stereocenters. The summed E-state index contributed by atoms with van der Waals surface area (Å²) in [6.07, 6.45) is 4.83. The van der Waals surface area contributed by atoms with Crippen LogP contribution >= 0.6 is 20.8 Å². The number of hydrogen-bond acceptors (Lipinski definition) is 2. The Morgan fingerprint density at radius 3 is 1.32 bits per heavy atom. The topological polar surface area (TPSA) is 37.4 Å². The van der Waals surface area contributed by atoms with E-state index >= 15 is 0 Å². The van der Waals surface area contributed by atoms with Crippen LogP contribution in [-0.4, -0.2) is 29.4 Å². The Morgan fingerprint density at radius 2 is 0.892 bits per heavy atom. The van der Waals surface area contributed by atoms with Gasteiger partial charge in [-0.1, -0.05) is 0 Å². The molecule has 4 aromatic rings. The van der Waals surface area contributed by atoms with Gasteiger partial charge in [0.2, 0.25) is 0 Å². The first-order valence-corrected chi connectivity index (χ1v) is 17.3. The molecule has 0 aromatic heterocycles. The molecule has 0 aliphatic carbocycles. The van der Waals surface area contributed by atoms with Gasteiger partial charge < -0.3 is 0 Å². The zero-order valence-electron chi connectivity index (χ0n) is 20.8. The molecular formula is C32H31BrNO2P. The molecule has 37 heavy (non-hydrogen) atoms. The van der Waals surface area contributed by atoms with E-state index in [0.717, 1.165) is 31.8 Å². The number of carbonyl (C=O) groups excluding carboxylic acids is 2. The molecule has 0 radical (unpaired) electrons. The summed E-state index contributed by atoms with van der Waals surface area (Å²) in [7, 11) is 0. The third-order valence-electron chi connectivity index (χ3n) is 7.47. The molecule has 1 aliphatic rings. The average molecular weight is 572 g/mol. The van der Waals surface area contributed by atoms with Crippen LogP contribution < -0.4 is 15.9 Å². The summed E-state index contributed by atoms with van der Waals surface area (Å²) in [5.74, 6) is -0.327. The van der Waals surface area contributed by atoms with Crippen LogP contribution in [-0.2, 0) is 0 Å². The fourth-order valence-corrected chi connectivity index (χ4v) is 13.3. The molecule has 1 heterocycles. The zero-order valence-corrected chi connectivity index (χ0v) is 23.3. The first kappa shape index (κ1) is 25.6. The van der Waals surface area contributed by atoms with Crippen LogP contribution in [0.5, 0.6) is 0 Å². The Bertz CT molecular complexity index is 1260. The van der Waals surface area contributed by atoms with Gasteiger partial charge in [0.1, 0.15) is 0 Å². The van der Waals surface area contributed by atoms with Crippen LogP contribution in [0.25, 0.3) is 0 Å². The molecule has 5 rings (SSSR count). The fraction of sp³-hybridized carbons (Fsp3) is 0.188. The molecule has 0 N–H and O–H groups in total. The molecule has 0 saturated heterocycles. The van der Waals surface area contributed by atoms with E-state index in [-0.39, 0.29) is 11.8 Å². The number of halogens is 1. The Hall–Kier alpha value is -3.07. The second-order valence-corrected chi connectivity index (χ2v) is 18.7. The van der Waals surface area contributed by atoms with Crippen molar-refractivity contribution in [1.82, 2.24) is 4.90 Å². The predicted molar refractivity (Wildman–Crippen MR) is 159 cm³/mol. The van der Waals surface area contributed by atoms with E-state index in [1.807, 2.05) is 12.1 Å². The molecule has 3 nitrogen and oxygen atoms in total. The van der Waals surface area contributed by atoms with E-state index in [1.54, 1.807) is 12.1 Å². The van der Waals surface area contributed by atoms with E-state index in [9.17, 15) is 9.59 Å². The van der Waals surface area contributed by atoms with E-state index < -0.39 is 5.31 Å². The van der Waals surface area contributed by atoms with Gasteiger partial charge in [0.25, 0.3) is 0 Å². The number of hydrogen-bond donors (Lipinski definition) is 0. The molecule has 1 aliphatic heterocycles. The van der Waals surface area contributed by atoms with Crippen LogP contribution in [0.2, 0.25) is 0 Å². The molecule has 4 aromatic carbocycles. The molecule has 2 amide bonds. The van der Waals surface area contributed by atoms with Gasteiger partial charge in [-0.25, -0.2) is 0 Å². The van der Waals surface area contributed by atoms with Crippen LogP contribution in [0.3, 0.4) is 0 Å². The second-order valence-electron chi connectivity index (χ2n) is 9.63. The van der Waals surface area contributed by atoms with Crippen molar-refractivity contribution in [3.05, 3.63) is 126 Å². The van der Waals surface area contributed by atoms with Crippen LogP contribution in [0.15, 0.2) is 115 Å². The molecule has 5 heteroatoms. The van der Waals surface area contributed by atoms with E-state index in [0.29, 0.717) is 17.7 Å². The van der Waals surface area contributed by atoms with Crippen LogP contribution in [0.4, 0.5) is 0 Å². The maximum atomic E-state index is 12.7. The molecular weight excluding hydrogens is 541 g/mol. The number of benzene rings is 4. The van der Waals surface area contributed by atoms with Crippen molar-refractivity contribution in [3.8, 4) is 0 Å². The van der Waals surface area contributed by atoms with Crippen molar-refractivity contribution in [3.63, 3.8) is 0 Å².